The monoisotopic (exact) mass is 417 g/mol. The molecule has 0 aromatic carbocycles. The molecule has 1 N–H and O–H groups in total. The molecule has 9 heteroatoms. The fourth-order valence-electron chi connectivity index (χ4n) is 3.91. The van der Waals surface area contributed by atoms with Gasteiger partial charge in [0.25, 0.3) is 0 Å². The van der Waals surface area contributed by atoms with Gasteiger partial charge in [0.1, 0.15) is 29.3 Å². The van der Waals surface area contributed by atoms with E-state index in [9.17, 15) is 9.65 Å². The molecule has 156 valence electrons. The van der Waals surface area contributed by atoms with E-state index in [0.29, 0.717) is 22.9 Å². The van der Waals surface area contributed by atoms with Gasteiger partial charge >= 0.3 is 0 Å². The lowest BCUT2D eigenvalue weighted by Crippen LogP contribution is -2.28. The lowest BCUT2D eigenvalue weighted by atomic mass is 10.1. The maximum atomic E-state index is 13.3. The molecule has 0 spiro atoms. The first kappa shape index (κ1) is 19.2. The van der Waals surface area contributed by atoms with Gasteiger partial charge in [-0.3, -0.25) is 14.1 Å². The van der Waals surface area contributed by atoms with Crippen LogP contribution >= 0.6 is 0 Å². The fraction of sp³-hybridized carbons (Fsp3) is 0.273. The molecule has 0 radical (unpaired) electrons. The number of hydrogen-bond donors (Lipinski definition) is 1. The average molecular weight is 417 g/mol. The Balaban J connectivity index is 1.61. The lowest BCUT2D eigenvalue weighted by molar-refractivity contribution is 0.209. The van der Waals surface area contributed by atoms with Gasteiger partial charge in [-0.05, 0) is 37.6 Å². The standard InChI is InChI=1S/C22H20FN7O/c1-13-19-12-25-5-6-29(19)28-22(13)15-7-20-27-11-17(9-24)30(20)21(8-15)31-14(2)18-4-3-16(23)10-26-18/h3-4,7-8,10-11,14,25H,5-6,12H2,1-2H3. The van der Waals surface area contributed by atoms with E-state index in [0.717, 1.165) is 48.3 Å². The number of rotatable bonds is 4. The van der Waals surface area contributed by atoms with E-state index in [2.05, 4.69) is 28.3 Å². The Labute approximate surface area is 177 Å². The zero-order chi connectivity index (χ0) is 21.5. The summed E-state index contributed by atoms with van der Waals surface area (Å²) < 4.78 is 23.1. The van der Waals surface area contributed by atoms with Gasteiger partial charge in [0.05, 0.1) is 36.0 Å². The maximum absolute atomic E-state index is 13.3. The van der Waals surface area contributed by atoms with Crippen molar-refractivity contribution in [1.82, 2.24) is 29.5 Å². The van der Waals surface area contributed by atoms with Gasteiger partial charge < -0.3 is 10.1 Å². The third kappa shape index (κ3) is 3.31. The SMILES string of the molecule is Cc1c(-c2cc(OC(C)c3ccc(F)cn3)n3c(C#N)cnc3c2)nn2c1CNCC2. The van der Waals surface area contributed by atoms with E-state index >= 15 is 0 Å². The molecule has 0 bridgehead atoms. The number of halogens is 1. The summed E-state index contributed by atoms with van der Waals surface area (Å²) in [6.07, 6.45) is 2.21. The minimum Gasteiger partial charge on any atom is -0.469 e. The highest BCUT2D eigenvalue weighted by molar-refractivity contribution is 5.70. The average Bonchev–Trinajstić information content (AvgIpc) is 3.35. The number of hydrogen-bond acceptors (Lipinski definition) is 6. The molecule has 0 amide bonds. The molecular formula is C22H20FN7O. The largest absolute Gasteiger partial charge is 0.469 e. The molecule has 1 aliphatic rings. The number of aromatic nitrogens is 5. The van der Waals surface area contributed by atoms with Gasteiger partial charge in [-0.25, -0.2) is 9.37 Å². The molecule has 31 heavy (non-hydrogen) atoms. The third-order valence-corrected chi connectivity index (χ3v) is 5.54. The predicted octanol–water partition coefficient (Wildman–Crippen LogP) is 3.16. The third-order valence-electron chi connectivity index (χ3n) is 5.54. The van der Waals surface area contributed by atoms with Gasteiger partial charge in [-0.15, -0.1) is 0 Å². The van der Waals surface area contributed by atoms with Gasteiger partial charge in [0, 0.05) is 24.7 Å². The first-order valence-electron chi connectivity index (χ1n) is 10.0. The number of imidazole rings is 1. The van der Waals surface area contributed by atoms with Gasteiger partial charge in [0.15, 0.2) is 0 Å². The summed E-state index contributed by atoms with van der Waals surface area (Å²) in [4.78, 5) is 8.50. The highest BCUT2D eigenvalue weighted by Gasteiger charge is 2.21. The Morgan fingerprint density at radius 3 is 2.87 bits per heavy atom. The van der Waals surface area contributed by atoms with Crippen LogP contribution in [0, 0.1) is 24.1 Å². The molecule has 8 nitrogen and oxygen atoms in total. The molecule has 5 heterocycles. The Hall–Kier alpha value is -3.77. The number of nitriles is 1. The van der Waals surface area contributed by atoms with Gasteiger partial charge in [-0.2, -0.15) is 10.4 Å². The summed E-state index contributed by atoms with van der Waals surface area (Å²) >= 11 is 0. The van der Waals surface area contributed by atoms with Crippen molar-refractivity contribution in [2.45, 2.75) is 33.0 Å². The Bertz CT molecular complexity index is 1320. The van der Waals surface area contributed by atoms with Crippen molar-refractivity contribution < 1.29 is 9.13 Å². The normalized spacial score (nSPS) is 14.3. The molecule has 4 aromatic heterocycles. The first-order chi connectivity index (χ1) is 15.0. The zero-order valence-electron chi connectivity index (χ0n) is 17.1. The van der Waals surface area contributed by atoms with Crippen LogP contribution in [0.4, 0.5) is 4.39 Å². The Kier molecular flexibility index (Phi) is 4.64. The van der Waals surface area contributed by atoms with Crippen molar-refractivity contribution in [3.05, 3.63) is 65.1 Å². The first-order valence-corrected chi connectivity index (χ1v) is 10.0. The highest BCUT2D eigenvalue weighted by Crippen LogP contribution is 2.32. The van der Waals surface area contributed by atoms with Crippen molar-refractivity contribution in [3.8, 4) is 23.2 Å². The summed E-state index contributed by atoms with van der Waals surface area (Å²) in [5.41, 5.74) is 5.51. The maximum Gasteiger partial charge on any atom is 0.201 e. The Morgan fingerprint density at radius 1 is 1.26 bits per heavy atom. The van der Waals surface area contributed by atoms with Crippen molar-refractivity contribution in [3.63, 3.8) is 0 Å². The molecule has 1 unspecified atom stereocenters. The summed E-state index contributed by atoms with van der Waals surface area (Å²) in [5.74, 6) is 0.0408. The molecule has 0 fully saturated rings. The van der Waals surface area contributed by atoms with Gasteiger partial charge in [-0.1, -0.05) is 0 Å². The van der Waals surface area contributed by atoms with Crippen LogP contribution in [0.3, 0.4) is 0 Å². The number of nitrogens with zero attached hydrogens (tertiary/aromatic N) is 6. The lowest BCUT2D eigenvalue weighted by Gasteiger charge is -2.16. The van der Waals surface area contributed by atoms with E-state index in [1.807, 2.05) is 23.7 Å². The van der Waals surface area contributed by atoms with Crippen molar-refractivity contribution in [1.29, 1.82) is 5.26 Å². The molecular weight excluding hydrogens is 397 g/mol. The topological polar surface area (TPSA) is 93.1 Å². The van der Waals surface area contributed by atoms with Crippen LogP contribution in [0.5, 0.6) is 5.88 Å². The minimum absolute atomic E-state index is 0.362. The number of fused-ring (bicyclic) bond motifs is 2. The van der Waals surface area contributed by atoms with E-state index in [1.54, 1.807) is 10.5 Å². The molecule has 0 saturated carbocycles. The second-order valence-electron chi connectivity index (χ2n) is 7.51. The molecule has 1 atom stereocenters. The van der Waals surface area contributed by atoms with Crippen LogP contribution in [0.25, 0.3) is 16.9 Å². The second-order valence-corrected chi connectivity index (χ2v) is 7.51. The summed E-state index contributed by atoms with van der Waals surface area (Å²) in [5, 5.41) is 17.7. The van der Waals surface area contributed by atoms with Crippen LogP contribution in [0.1, 0.15) is 35.7 Å². The van der Waals surface area contributed by atoms with E-state index in [1.165, 1.54) is 12.3 Å². The number of ether oxygens (including phenoxy) is 1. The Morgan fingerprint density at radius 2 is 2.13 bits per heavy atom. The molecule has 0 saturated heterocycles. The molecule has 0 aliphatic carbocycles. The van der Waals surface area contributed by atoms with E-state index < -0.39 is 11.9 Å². The van der Waals surface area contributed by atoms with Crippen LogP contribution in [0.15, 0.2) is 36.7 Å². The second kappa shape index (κ2) is 7.49. The van der Waals surface area contributed by atoms with E-state index in [4.69, 9.17) is 9.84 Å². The predicted molar refractivity (Wildman–Crippen MR) is 111 cm³/mol. The molecule has 1 aliphatic heterocycles. The van der Waals surface area contributed by atoms with Crippen LogP contribution < -0.4 is 10.1 Å². The number of nitrogens with one attached hydrogen (secondary N) is 1. The van der Waals surface area contributed by atoms with Gasteiger partial charge in [0.2, 0.25) is 5.88 Å². The van der Waals surface area contributed by atoms with Crippen molar-refractivity contribution in [2.75, 3.05) is 6.54 Å². The molecule has 5 rings (SSSR count). The summed E-state index contributed by atoms with van der Waals surface area (Å²) in [6.45, 7) is 6.36. The smallest absolute Gasteiger partial charge is 0.201 e. The van der Waals surface area contributed by atoms with Crippen LogP contribution in [-0.2, 0) is 13.1 Å². The minimum atomic E-state index is -0.464. The van der Waals surface area contributed by atoms with Crippen LogP contribution in [0.2, 0.25) is 0 Å². The van der Waals surface area contributed by atoms with E-state index in [-0.39, 0.29) is 0 Å². The quantitative estimate of drug-likeness (QED) is 0.548. The summed E-state index contributed by atoms with van der Waals surface area (Å²) in [6, 6.07) is 8.85. The van der Waals surface area contributed by atoms with Crippen molar-refractivity contribution >= 4 is 5.65 Å². The summed E-state index contributed by atoms with van der Waals surface area (Å²) in [7, 11) is 0. The highest BCUT2D eigenvalue weighted by atomic mass is 19.1. The van der Waals surface area contributed by atoms with Crippen molar-refractivity contribution in [2.24, 2.45) is 0 Å². The zero-order valence-corrected chi connectivity index (χ0v) is 17.1. The fourth-order valence-corrected chi connectivity index (χ4v) is 3.91. The van der Waals surface area contributed by atoms with Crippen LogP contribution in [-0.4, -0.2) is 30.7 Å². The molecule has 4 aromatic rings. The number of pyridine rings is 2.